The van der Waals surface area contributed by atoms with Crippen molar-refractivity contribution in [1.82, 2.24) is 10.3 Å². The van der Waals surface area contributed by atoms with Crippen molar-refractivity contribution in [3.05, 3.63) is 40.0 Å². The summed E-state index contributed by atoms with van der Waals surface area (Å²) in [5, 5.41) is 3.74. The van der Waals surface area contributed by atoms with Crippen LogP contribution in [-0.4, -0.2) is 24.0 Å². The number of aryl methyl sites for hydroxylation is 1. The summed E-state index contributed by atoms with van der Waals surface area (Å²) >= 11 is 3.42. The molecule has 2 rings (SSSR count). The maximum atomic E-state index is 12.2. The number of nitrogens with one attached hydrogen (secondary N) is 1. The van der Waals surface area contributed by atoms with Gasteiger partial charge in [-0.1, -0.05) is 22.0 Å². The Bertz CT molecular complexity index is 617. The van der Waals surface area contributed by atoms with Gasteiger partial charge in [0.15, 0.2) is 0 Å². The molecule has 2 aromatic rings. The van der Waals surface area contributed by atoms with E-state index in [2.05, 4.69) is 26.2 Å². The lowest BCUT2D eigenvalue weighted by atomic mass is 10.1. The lowest BCUT2D eigenvalue weighted by molar-refractivity contribution is 0.0955. The van der Waals surface area contributed by atoms with Gasteiger partial charge in [-0.25, -0.2) is 0 Å². The number of fused-ring (bicyclic) bond motifs is 1. The molecule has 7 heteroatoms. The third kappa shape index (κ3) is 5.11. The molecule has 1 amide bonds. The molecule has 4 nitrogen and oxygen atoms in total. The number of hydrogen-bond donors (Lipinski definition) is 2. The van der Waals surface area contributed by atoms with E-state index in [4.69, 9.17) is 5.73 Å². The molecule has 21 heavy (non-hydrogen) atoms. The van der Waals surface area contributed by atoms with E-state index in [1.807, 2.05) is 31.2 Å². The molecule has 1 aromatic heterocycles. The molecule has 0 saturated carbocycles. The van der Waals surface area contributed by atoms with Crippen LogP contribution >= 0.6 is 40.7 Å². The number of rotatable bonds is 4. The molecule has 0 saturated heterocycles. The fraction of sp³-hybridized carbons (Fsp3) is 0.286. The Balaban J connectivity index is 0.00000200. The summed E-state index contributed by atoms with van der Waals surface area (Å²) in [5.41, 5.74) is 7.72. The smallest absolute Gasteiger partial charge is 0.252 e. The summed E-state index contributed by atoms with van der Waals surface area (Å²) in [6.45, 7) is 3.05. The van der Waals surface area contributed by atoms with Gasteiger partial charge in [-0.2, -0.15) is 0 Å². The number of nitrogens with two attached hydrogens (primary N) is 1. The van der Waals surface area contributed by atoms with E-state index in [-0.39, 0.29) is 30.7 Å². The second-order valence-electron chi connectivity index (χ2n) is 4.37. The number of amides is 1. The highest BCUT2D eigenvalue weighted by molar-refractivity contribution is 9.10. The average Bonchev–Trinajstić information content (AvgIpc) is 2.37. The minimum absolute atomic E-state index is 0. The van der Waals surface area contributed by atoms with Crippen LogP contribution in [0, 0.1) is 6.92 Å². The zero-order chi connectivity index (χ0) is 13.8. The first-order valence-electron chi connectivity index (χ1n) is 6.17. The van der Waals surface area contributed by atoms with E-state index in [1.54, 1.807) is 0 Å². The summed E-state index contributed by atoms with van der Waals surface area (Å²) in [7, 11) is 0. The first-order chi connectivity index (χ1) is 9.11. The Morgan fingerprint density at radius 3 is 2.71 bits per heavy atom. The minimum atomic E-state index is -0.0775. The predicted octanol–water partition coefficient (Wildman–Crippen LogP) is 3.23. The molecule has 0 aliphatic carbocycles. The summed E-state index contributed by atoms with van der Waals surface area (Å²) in [4.78, 5) is 16.6. The van der Waals surface area contributed by atoms with Crippen molar-refractivity contribution in [2.45, 2.75) is 13.3 Å². The van der Waals surface area contributed by atoms with Crippen molar-refractivity contribution in [2.75, 3.05) is 13.1 Å². The SMILES string of the molecule is Cc1cc(C(=O)NCCCN)c2ccc(Br)cc2n1.Cl.Cl. The Labute approximate surface area is 144 Å². The molecule has 0 atom stereocenters. The van der Waals surface area contributed by atoms with Gasteiger partial charge >= 0.3 is 0 Å². The van der Waals surface area contributed by atoms with E-state index in [9.17, 15) is 4.79 Å². The molecule has 0 fully saturated rings. The van der Waals surface area contributed by atoms with Crippen LogP contribution in [0.3, 0.4) is 0 Å². The third-order valence-corrected chi connectivity index (χ3v) is 3.30. The molecule has 116 valence electrons. The summed E-state index contributed by atoms with van der Waals surface area (Å²) in [6.07, 6.45) is 0.777. The monoisotopic (exact) mass is 393 g/mol. The van der Waals surface area contributed by atoms with Gasteiger partial charge in [-0.05, 0) is 38.1 Å². The third-order valence-electron chi connectivity index (χ3n) is 2.81. The lowest BCUT2D eigenvalue weighted by Crippen LogP contribution is -2.26. The predicted molar refractivity (Wildman–Crippen MR) is 94.7 cm³/mol. The van der Waals surface area contributed by atoms with Crippen LogP contribution < -0.4 is 11.1 Å². The van der Waals surface area contributed by atoms with Crippen LogP contribution in [0.15, 0.2) is 28.7 Å². The Hall–Kier alpha value is -0.880. The highest BCUT2D eigenvalue weighted by Crippen LogP contribution is 2.22. The fourth-order valence-electron chi connectivity index (χ4n) is 1.92. The largest absolute Gasteiger partial charge is 0.352 e. The zero-order valence-electron chi connectivity index (χ0n) is 11.6. The number of aromatic nitrogens is 1. The first kappa shape index (κ1) is 20.1. The van der Waals surface area contributed by atoms with E-state index < -0.39 is 0 Å². The maximum Gasteiger partial charge on any atom is 0.252 e. The van der Waals surface area contributed by atoms with E-state index in [1.165, 1.54) is 0 Å². The molecule has 0 aliphatic heterocycles. The molecular formula is C14H18BrCl2N3O. The van der Waals surface area contributed by atoms with Crippen molar-refractivity contribution < 1.29 is 4.79 Å². The number of hydrogen-bond acceptors (Lipinski definition) is 3. The highest BCUT2D eigenvalue weighted by Gasteiger charge is 2.11. The van der Waals surface area contributed by atoms with Gasteiger partial charge in [-0.3, -0.25) is 9.78 Å². The van der Waals surface area contributed by atoms with E-state index in [0.717, 1.165) is 27.5 Å². The topological polar surface area (TPSA) is 68.0 Å². The fourth-order valence-corrected chi connectivity index (χ4v) is 2.27. The Morgan fingerprint density at radius 1 is 1.33 bits per heavy atom. The molecule has 0 unspecified atom stereocenters. The van der Waals surface area contributed by atoms with Crippen LogP contribution in [0.2, 0.25) is 0 Å². The number of carbonyl (C=O) groups is 1. The second-order valence-corrected chi connectivity index (χ2v) is 5.29. The van der Waals surface area contributed by atoms with Crippen LogP contribution in [0.5, 0.6) is 0 Å². The Kier molecular flexibility index (Phi) is 8.82. The lowest BCUT2D eigenvalue weighted by Gasteiger charge is -2.09. The van der Waals surface area contributed by atoms with Crippen LogP contribution in [0.25, 0.3) is 10.9 Å². The molecule has 0 aliphatic rings. The van der Waals surface area contributed by atoms with Crippen molar-refractivity contribution in [3.63, 3.8) is 0 Å². The van der Waals surface area contributed by atoms with Gasteiger partial charge in [0.05, 0.1) is 11.1 Å². The standard InChI is InChI=1S/C14H16BrN3O.2ClH/c1-9-7-12(14(19)17-6-2-5-16)11-4-3-10(15)8-13(11)18-9;;/h3-4,7-8H,2,5-6,16H2,1H3,(H,17,19);2*1H. The minimum Gasteiger partial charge on any atom is -0.352 e. The molecule has 0 bridgehead atoms. The molecule has 1 heterocycles. The van der Waals surface area contributed by atoms with Crippen molar-refractivity contribution in [1.29, 1.82) is 0 Å². The quantitative estimate of drug-likeness (QED) is 0.782. The van der Waals surface area contributed by atoms with Gasteiger partial charge in [0.1, 0.15) is 0 Å². The van der Waals surface area contributed by atoms with Gasteiger partial charge in [0.25, 0.3) is 5.91 Å². The summed E-state index contributed by atoms with van der Waals surface area (Å²) in [6, 6.07) is 7.55. The summed E-state index contributed by atoms with van der Waals surface area (Å²) < 4.78 is 0.951. The normalized spacial score (nSPS) is 9.67. The van der Waals surface area contributed by atoms with E-state index in [0.29, 0.717) is 18.7 Å². The number of halogens is 3. The second kappa shape index (κ2) is 9.20. The number of benzene rings is 1. The average molecular weight is 395 g/mol. The van der Waals surface area contributed by atoms with Gasteiger partial charge in [-0.15, -0.1) is 24.8 Å². The van der Waals surface area contributed by atoms with Crippen LogP contribution in [0.4, 0.5) is 0 Å². The molecule has 0 radical (unpaired) electrons. The highest BCUT2D eigenvalue weighted by atomic mass is 79.9. The van der Waals surface area contributed by atoms with Crippen molar-refractivity contribution in [3.8, 4) is 0 Å². The van der Waals surface area contributed by atoms with Crippen molar-refractivity contribution in [2.24, 2.45) is 5.73 Å². The Morgan fingerprint density at radius 2 is 2.05 bits per heavy atom. The number of nitrogens with zero attached hydrogens (tertiary/aromatic N) is 1. The van der Waals surface area contributed by atoms with E-state index >= 15 is 0 Å². The molecule has 0 spiro atoms. The number of pyridine rings is 1. The zero-order valence-corrected chi connectivity index (χ0v) is 14.8. The molecule has 1 aromatic carbocycles. The van der Waals surface area contributed by atoms with Gasteiger partial charge in [0.2, 0.25) is 0 Å². The molecular weight excluding hydrogens is 377 g/mol. The summed E-state index contributed by atoms with van der Waals surface area (Å²) in [5.74, 6) is -0.0775. The van der Waals surface area contributed by atoms with Gasteiger partial charge in [0, 0.05) is 22.1 Å². The maximum absolute atomic E-state index is 12.2. The van der Waals surface area contributed by atoms with Crippen molar-refractivity contribution >= 4 is 57.6 Å². The number of carbonyl (C=O) groups excluding carboxylic acids is 1. The van der Waals surface area contributed by atoms with Gasteiger partial charge < -0.3 is 11.1 Å². The molecule has 3 N–H and O–H groups in total. The first-order valence-corrected chi connectivity index (χ1v) is 6.96. The van der Waals surface area contributed by atoms with Crippen LogP contribution in [-0.2, 0) is 0 Å². The van der Waals surface area contributed by atoms with Crippen LogP contribution in [0.1, 0.15) is 22.5 Å².